The summed E-state index contributed by atoms with van der Waals surface area (Å²) in [6.45, 7) is -0.412. The van der Waals surface area contributed by atoms with Crippen LogP contribution in [0.25, 0.3) is 10.9 Å². The lowest BCUT2D eigenvalue weighted by atomic mass is 10.0. The third-order valence-corrected chi connectivity index (χ3v) is 5.48. The third-order valence-electron chi connectivity index (χ3n) is 5.48. The van der Waals surface area contributed by atoms with Gasteiger partial charge >= 0.3 is 17.9 Å². The molecular weight excluding hydrogens is 490 g/mol. The number of benzene rings is 1. The van der Waals surface area contributed by atoms with Gasteiger partial charge in [0.15, 0.2) is 0 Å². The second kappa shape index (κ2) is 13.6. The number of aromatic amines is 1. The number of carbonyl (C=O) groups is 6. The van der Waals surface area contributed by atoms with E-state index in [1.807, 2.05) is 18.2 Å². The molecule has 14 nitrogen and oxygen atoms in total. The van der Waals surface area contributed by atoms with Crippen molar-refractivity contribution in [3.05, 3.63) is 36.0 Å². The van der Waals surface area contributed by atoms with Crippen LogP contribution in [-0.4, -0.2) is 80.6 Å². The predicted molar refractivity (Wildman–Crippen MR) is 128 cm³/mol. The molecule has 0 radical (unpaired) electrons. The van der Waals surface area contributed by atoms with Gasteiger partial charge in [0.25, 0.3) is 0 Å². The van der Waals surface area contributed by atoms with Gasteiger partial charge in [0, 0.05) is 36.4 Å². The van der Waals surface area contributed by atoms with E-state index in [4.69, 9.17) is 15.9 Å². The molecule has 9 N–H and O–H groups in total. The first kappa shape index (κ1) is 28.8. The molecule has 1 aromatic carbocycles. The number of nitrogens with one attached hydrogen (secondary N) is 4. The maximum Gasteiger partial charge on any atom is 0.326 e. The summed E-state index contributed by atoms with van der Waals surface area (Å²) in [4.78, 5) is 74.4. The smallest absolute Gasteiger partial charge is 0.326 e. The number of carboxylic acids is 3. The number of para-hydroxylation sites is 1. The summed E-state index contributed by atoms with van der Waals surface area (Å²) in [5, 5.41) is 35.0. The van der Waals surface area contributed by atoms with E-state index in [1.165, 1.54) is 0 Å². The highest BCUT2D eigenvalue weighted by Crippen LogP contribution is 2.19. The Kier molecular flexibility index (Phi) is 10.6. The van der Waals surface area contributed by atoms with Gasteiger partial charge in [0.2, 0.25) is 17.7 Å². The molecular formula is C23H29N5O9. The summed E-state index contributed by atoms with van der Waals surface area (Å²) in [6.07, 6.45) is -0.220. The number of fused-ring (bicyclic) bond motifs is 1. The summed E-state index contributed by atoms with van der Waals surface area (Å²) in [5.41, 5.74) is 6.84. The summed E-state index contributed by atoms with van der Waals surface area (Å²) >= 11 is 0. The van der Waals surface area contributed by atoms with E-state index < -0.39 is 79.6 Å². The average Bonchev–Trinajstić information content (AvgIpc) is 3.25. The Hall–Kier alpha value is -4.46. The maximum atomic E-state index is 13.2. The number of hydrogen-bond acceptors (Lipinski definition) is 7. The second-order valence-corrected chi connectivity index (χ2v) is 8.21. The average molecular weight is 520 g/mol. The van der Waals surface area contributed by atoms with Crippen molar-refractivity contribution in [3.8, 4) is 0 Å². The van der Waals surface area contributed by atoms with Gasteiger partial charge in [-0.05, 0) is 24.5 Å². The highest BCUT2D eigenvalue weighted by atomic mass is 16.4. The molecule has 3 atom stereocenters. The zero-order chi connectivity index (χ0) is 27.5. The largest absolute Gasteiger partial charge is 0.481 e. The first-order valence-corrected chi connectivity index (χ1v) is 11.3. The predicted octanol–water partition coefficient (Wildman–Crippen LogP) is -1.06. The molecule has 3 amide bonds. The molecule has 3 unspecified atom stereocenters. The molecule has 1 aromatic heterocycles. The van der Waals surface area contributed by atoms with Gasteiger partial charge in [-0.3, -0.25) is 24.0 Å². The fourth-order valence-corrected chi connectivity index (χ4v) is 3.59. The lowest BCUT2D eigenvalue weighted by Crippen LogP contribution is -2.56. The zero-order valence-electron chi connectivity index (χ0n) is 19.7. The van der Waals surface area contributed by atoms with E-state index in [9.17, 15) is 33.9 Å². The molecule has 200 valence electrons. The van der Waals surface area contributed by atoms with E-state index in [0.29, 0.717) is 5.56 Å². The topological polar surface area (TPSA) is 241 Å². The number of nitrogens with two attached hydrogens (primary N) is 1. The van der Waals surface area contributed by atoms with Crippen LogP contribution in [0.1, 0.15) is 31.2 Å². The third kappa shape index (κ3) is 8.92. The molecule has 14 heteroatoms. The quantitative estimate of drug-likeness (QED) is 0.142. The Bertz CT molecular complexity index is 1160. The van der Waals surface area contributed by atoms with Crippen LogP contribution >= 0.6 is 0 Å². The van der Waals surface area contributed by atoms with E-state index >= 15 is 0 Å². The molecule has 2 aromatic rings. The lowest BCUT2D eigenvalue weighted by molar-refractivity contribution is -0.144. The van der Waals surface area contributed by atoms with Crippen molar-refractivity contribution in [1.82, 2.24) is 20.9 Å². The number of hydrogen-bond donors (Lipinski definition) is 8. The van der Waals surface area contributed by atoms with E-state index in [2.05, 4.69) is 20.9 Å². The first-order valence-electron chi connectivity index (χ1n) is 11.3. The SMILES string of the molecule is NCC(=O)NC(Cc1c[nH]c2ccccc12)C(=O)NC(CCC(=O)O)C(=O)NC(CCC(=O)O)C(=O)O. The fraction of sp³-hybridized carbons (Fsp3) is 0.391. The van der Waals surface area contributed by atoms with Crippen LogP contribution in [0.4, 0.5) is 0 Å². The van der Waals surface area contributed by atoms with Gasteiger partial charge in [0.1, 0.15) is 18.1 Å². The number of aromatic nitrogens is 1. The van der Waals surface area contributed by atoms with Crippen molar-refractivity contribution >= 4 is 46.5 Å². The summed E-state index contributed by atoms with van der Waals surface area (Å²) < 4.78 is 0. The number of carboxylic acid groups (broad SMARTS) is 3. The Balaban J connectivity index is 2.24. The Labute approximate surface area is 210 Å². The van der Waals surface area contributed by atoms with Gasteiger partial charge < -0.3 is 42.0 Å². The van der Waals surface area contributed by atoms with E-state index in [0.717, 1.165) is 10.9 Å². The summed E-state index contributed by atoms with van der Waals surface area (Å²) in [6, 6.07) is 2.99. The van der Waals surface area contributed by atoms with E-state index in [1.54, 1.807) is 12.3 Å². The minimum atomic E-state index is -1.58. The van der Waals surface area contributed by atoms with Crippen LogP contribution in [0.3, 0.4) is 0 Å². The number of aliphatic carboxylic acids is 3. The van der Waals surface area contributed by atoms with E-state index in [-0.39, 0.29) is 12.8 Å². The molecule has 0 saturated heterocycles. The Morgan fingerprint density at radius 3 is 1.97 bits per heavy atom. The molecule has 1 heterocycles. The van der Waals surface area contributed by atoms with Crippen molar-refractivity contribution in [3.63, 3.8) is 0 Å². The molecule has 0 bridgehead atoms. The Morgan fingerprint density at radius 2 is 1.38 bits per heavy atom. The van der Waals surface area contributed by atoms with Crippen LogP contribution in [0, 0.1) is 0 Å². The molecule has 0 aliphatic carbocycles. The van der Waals surface area contributed by atoms with Crippen LogP contribution in [0.2, 0.25) is 0 Å². The van der Waals surface area contributed by atoms with Gasteiger partial charge in [-0.25, -0.2) is 4.79 Å². The fourth-order valence-electron chi connectivity index (χ4n) is 3.59. The minimum Gasteiger partial charge on any atom is -0.481 e. The van der Waals surface area contributed by atoms with Gasteiger partial charge in [-0.2, -0.15) is 0 Å². The molecule has 0 fully saturated rings. The van der Waals surface area contributed by atoms with Gasteiger partial charge in [-0.15, -0.1) is 0 Å². The molecule has 37 heavy (non-hydrogen) atoms. The van der Waals surface area contributed by atoms with Crippen LogP contribution in [-0.2, 0) is 35.2 Å². The lowest BCUT2D eigenvalue weighted by Gasteiger charge is -2.24. The molecule has 0 saturated carbocycles. The van der Waals surface area contributed by atoms with Gasteiger partial charge in [-0.1, -0.05) is 18.2 Å². The van der Waals surface area contributed by atoms with Crippen molar-refractivity contribution in [2.45, 2.75) is 50.2 Å². The molecule has 0 spiro atoms. The summed E-state index contributed by atoms with van der Waals surface area (Å²) in [5.74, 6) is -6.51. The number of carbonyl (C=O) groups excluding carboxylic acids is 3. The molecule has 2 rings (SSSR count). The number of amides is 3. The zero-order valence-corrected chi connectivity index (χ0v) is 19.7. The molecule has 0 aliphatic rings. The number of rotatable bonds is 15. The van der Waals surface area contributed by atoms with Crippen LogP contribution in [0.5, 0.6) is 0 Å². The highest BCUT2D eigenvalue weighted by molar-refractivity contribution is 5.94. The van der Waals surface area contributed by atoms with Crippen LogP contribution in [0.15, 0.2) is 30.5 Å². The number of H-pyrrole nitrogens is 1. The highest BCUT2D eigenvalue weighted by Gasteiger charge is 2.30. The normalized spacial score (nSPS) is 13.2. The van der Waals surface area contributed by atoms with Crippen molar-refractivity contribution in [2.24, 2.45) is 5.73 Å². The maximum absolute atomic E-state index is 13.2. The minimum absolute atomic E-state index is 0.00518. The monoisotopic (exact) mass is 519 g/mol. The van der Waals surface area contributed by atoms with Crippen molar-refractivity contribution < 1.29 is 44.1 Å². The molecule has 0 aliphatic heterocycles. The Morgan fingerprint density at radius 1 is 0.811 bits per heavy atom. The first-order chi connectivity index (χ1) is 17.5. The van der Waals surface area contributed by atoms with Crippen LogP contribution < -0.4 is 21.7 Å². The summed E-state index contributed by atoms with van der Waals surface area (Å²) in [7, 11) is 0. The van der Waals surface area contributed by atoms with Gasteiger partial charge in [0.05, 0.1) is 6.54 Å². The standard InChI is InChI=1S/C23H29N5O9/c24-10-18(29)26-17(9-12-11-25-14-4-2-1-3-13(12)14)22(35)27-15(5-7-19(30)31)21(34)28-16(23(36)37)6-8-20(32)33/h1-4,11,15-17,25H,5-10,24H2,(H,26,29)(H,27,35)(H,28,34)(H,30,31)(H,32,33)(H,36,37). The van der Waals surface area contributed by atoms with Crippen molar-refractivity contribution in [1.29, 1.82) is 0 Å². The van der Waals surface area contributed by atoms with Crippen molar-refractivity contribution in [2.75, 3.05) is 6.54 Å². The second-order valence-electron chi connectivity index (χ2n) is 8.21.